The van der Waals surface area contributed by atoms with E-state index in [0.717, 1.165) is 32.1 Å². The van der Waals surface area contributed by atoms with E-state index in [2.05, 4.69) is 0 Å². The molecule has 28 heavy (non-hydrogen) atoms. The summed E-state index contributed by atoms with van der Waals surface area (Å²) in [7, 11) is 0. The van der Waals surface area contributed by atoms with Crippen LogP contribution in [0.2, 0.25) is 0 Å². The standard InChI is InChI=1S/C20H23NO7/c1-12(22)19(24)18-9-14(8-16(27-18)11-26-13(2)23)17(10-21)20(25)28-15-6-4-3-5-7-15/h8-9,15,19,24H,3-7,11H2,1-2H3/b17-14+. The van der Waals surface area contributed by atoms with Crippen molar-refractivity contribution in [3.8, 4) is 6.07 Å². The number of Topliss-reactive ketones (excluding diaryl/α,β-unsaturated/α-hetero) is 1. The Morgan fingerprint density at radius 2 is 1.93 bits per heavy atom. The molecule has 8 nitrogen and oxygen atoms in total. The van der Waals surface area contributed by atoms with Gasteiger partial charge in [-0.05, 0) is 44.8 Å². The number of allylic oxidation sites excluding steroid dienone is 3. The quantitative estimate of drug-likeness (QED) is 0.416. The number of nitriles is 1. The maximum absolute atomic E-state index is 12.5. The number of ketones is 1. The molecule has 1 N–H and O–H groups in total. The van der Waals surface area contributed by atoms with Crippen LogP contribution >= 0.6 is 0 Å². The Labute approximate surface area is 163 Å². The minimum Gasteiger partial charge on any atom is -0.459 e. The van der Waals surface area contributed by atoms with Gasteiger partial charge in [0.2, 0.25) is 0 Å². The first kappa shape index (κ1) is 21.4. The lowest BCUT2D eigenvalue weighted by atomic mass is 9.97. The smallest absolute Gasteiger partial charge is 0.349 e. The van der Waals surface area contributed by atoms with Gasteiger partial charge in [-0.2, -0.15) is 5.26 Å². The zero-order chi connectivity index (χ0) is 20.7. The van der Waals surface area contributed by atoms with Gasteiger partial charge in [-0.15, -0.1) is 0 Å². The first-order valence-corrected chi connectivity index (χ1v) is 9.09. The van der Waals surface area contributed by atoms with E-state index < -0.39 is 23.8 Å². The third-order valence-corrected chi connectivity index (χ3v) is 4.37. The predicted octanol–water partition coefficient (Wildman–Crippen LogP) is 1.99. The summed E-state index contributed by atoms with van der Waals surface area (Å²) in [5.41, 5.74) is -0.158. The van der Waals surface area contributed by atoms with Crippen LogP contribution in [0, 0.1) is 11.3 Å². The topological polar surface area (TPSA) is 123 Å². The molecular formula is C20H23NO7. The maximum atomic E-state index is 12.5. The van der Waals surface area contributed by atoms with E-state index in [4.69, 9.17) is 14.2 Å². The molecule has 0 aromatic carbocycles. The van der Waals surface area contributed by atoms with Crippen molar-refractivity contribution in [2.75, 3.05) is 6.61 Å². The Kier molecular flexibility index (Phi) is 7.52. The summed E-state index contributed by atoms with van der Waals surface area (Å²) in [6.07, 6.45) is 5.29. The molecule has 150 valence electrons. The average molecular weight is 389 g/mol. The van der Waals surface area contributed by atoms with Gasteiger partial charge in [0.15, 0.2) is 11.9 Å². The van der Waals surface area contributed by atoms with Crippen molar-refractivity contribution in [2.24, 2.45) is 0 Å². The Bertz CT molecular complexity index is 779. The van der Waals surface area contributed by atoms with Gasteiger partial charge in [-0.1, -0.05) is 6.42 Å². The number of aliphatic hydroxyl groups excluding tert-OH is 1. The number of hydrogen-bond donors (Lipinski definition) is 1. The van der Waals surface area contributed by atoms with Crippen LogP contribution in [0.4, 0.5) is 0 Å². The minimum atomic E-state index is -1.58. The van der Waals surface area contributed by atoms with E-state index in [9.17, 15) is 24.8 Å². The Hall–Kier alpha value is -2.92. The van der Waals surface area contributed by atoms with Crippen molar-refractivity contribution in [1.29, 1.82) is 5.26 Å². The van der Waals surface area contributed by atoms with Crippen LogP contribution in [0.15, 0.2) is 34.8 Å². The number of carbonyl (C=O) groups is 3. The van der Waals surface area contributed by atoms with Crippen LogP contribution in [0.5, 0.6) is 0 Å². The molecule has 1 aliphatic carbocycles. The molecule has 0 spiro atoms. The second-order valence-corrected chi connectivity index (χ2v) is 6.66. The molecule has 0 bridgehead atoms. The summed E-state index contributed by atoms with van der Waals surface area (Å²) in [5.74, 6) is -2.01. The fourth-order valence-corrected chi connectivity index (χ4v) is 2.92. The van der Waals surface area contributed by atoms with Crippen molar-refractivity contribution in [3.63, 3.8) is 0 Å². The Morgan fingerprint density at radius 3 is 2.50 bits per heavy atom. The highest BCUT2D eigenvalue weighted by molar-refractivity contribution is 5.95. The lowest BCUT2D eigenvalue weighted by Gasteiger charge is -2.23. The second kappa shape index (κ2) is 9.85. The molecule has 1 unspecified atom stereocenters. The number of aliphatic hydroxyl groups is 1. The molecule has 0 aromatic rings. The summed E-state index contributed by atoms with van der Waals surface area (Å²) in [6, 6.07) is 1.82. The van der Waals surface area contributed by atoms with Gasteiger partial charge >= 0.3 is 11.9 Å². The molecular weight excluding hydrogens is 366 g/mol. The highest BCUT2D eigenvalue weighted by atomic mass is 16.6. The van der Waals surface area contributed by atoms with E-state index in [1.54, 1.807) is 0 Å². The van der Waals surface area contributed by atoms with Crippen molar-refractivity contribution in [3.05, 3.63) is 34.8 Å². The molecule has 8 heteroatoms. The number of nitrogens with zero attached hydrogens (tertiary/aromatic N) is 1. The number of rotatable bonds is 6. The van der Waals surface area contributed by atoms with Crippen molar-refractivity contribution >= 4 is 17.7 Å². The van der Waals surface area contributed by atoms with Gasteiger partial charge in [0, 0.05) is 12.5 Å². The molecule has 0 amide bonds. The van der Waals surface area contributed by atoms with Crippen molar-refractivity contribution < 1.29 is 33.7 Å². The zero-order valence-corrected chi connectivity index (χ0v) is 15.9. The third-order valence-electron chi connectivity index (χ3n) is 4.37. The largest absolute Gasteiger partial charge is 0.459 e. The first-order chi connectivity index (χ1) is 13.3. The molecule has 0 saturated heterocycles. The van der Waals surface area contributed by atoms with E-state index in [0.29, 0.717) is 0 Å². The van der Waals surface area contributed by atoms with E-state index in [-0.39, 0.29) is 35.4 Å². The van der Waals surface area contributed by atoms with Crippen LogP contribution in [-0.4, -0.2) is 41.6 Å². The van der Waals surface area contributed by atoms with Gasteiger partial charge in [0.1, 0.15) is 35.9 Å². The summed E-state index contributed by atoms with van der Waals surface area (Å²) in [6.45, 7) is 2.10. The zero-order valence-electron chi connectivity index (χ0n) is 15.9. The molecule has 1 atom stereocenters. The van der Waals surface area contributed by atoms with Crippen LogP contribution in [0.25, 0.3) is 0 Å². The highest BCUT2D eigenvalue weighted by Gasteiger charge is 2.27. The molecule has 0 aromatic heterocycles. The molecule has 1 aliphatic heterocycles. The third kappa shape index (κ3) is 5.79. The molecule has 2 aliphatic rings. The van der Waals surface area contributed by atoms with Gasteiger partial charge < -0.3 is 19.3 Å². The van der Waals surface area contributed by atoms with Gasteiger partial charge in [-0.3, -0.25) is 9.59 Å². The van der Waals surface area contributed by atoms with E-state index in [1.165, 1.54) is 26.0 Å². The number of hydrogen-bond acceptors (Lipinski definition) is 8. The number of esters is 2. The van der Waals surface area contributed by atoms with Gasteiger partial charge in [0.05, 0.1) is 0 Å². The van der Waals surface area contributed by atoms with Crippen LogP contribution in [-0.2, 0) is 28.6 Å². The average Bonchev–Trinajstić information content (AvgIpc) is 2.67. The molecule has 1 fully saturated rings. The monoisotopic (exact) mass is 389 g/mol. The fraction of sp³-hybridized carbons (Fsp3) is 0.500. The van der Waals surface area contributed by atoms with E-state index >= 15 is 0 Å². The summed E-state index contributed by atoms with van der Waals surface area (Å²) in [5, 5.41) is 19.5. The van der Waals surface area contributed by atoms with E-state index in [1.807, 2.05) is 6.07 Å². The summed E-state index contributed by atoms with van der Waals surface area (Å²) < 4.78 is 15.7. The fourth-order valence-electron chi connectivity index (χ4n) is 2.92. The van der Waals surface area contributed by atoms with Crippen LogP contribution in [0.3, 0.4) is 0 Å². The lowest BCUT2D eigenvalue weighted by Crippen LogP contribution is -2.25. The Morgan fingerprint density at radius 1 is 1.25 bits per heavy atom. The lowest BCUT2D eigenvalue weighted by molar-refractivity contribution is -0.145. The van der Waals surface area contributed by atoms with Crippen molar-refractivity contribution in [2.45, 2.75) is 58.2 Å². The van der Waals surface area contributed by atoms with Crippen molar-refractivity contribution in [1.82, 2.24) is 0 Å². The number of carbonyl (C=O) groups excluding carboxylic acids is 3. The number of ether oxygens (including phenoxy) is 3. The molecule has 2 rings (SSSR count). The molecule has 1 heterocycles. The van der Waals surface area contributed by atoms with Crippen LogP contribution in [0.1, 0.15) is 46.0 Å². The second-order valence-electron chi connectivity index (χ2n) is 6.66. The highest BCUT2D eigenvalue weighted by Crippen LogP contribution is 2.26. The predicted molar refractivity (Wildman–Crippen MR) is 96.2 cm³/mol. The minimum absolute atomic E-state index is 0.0706. The normalized spacial score (nSPS) is 19.9. The first-order valence-electron chi connectivity index (χ1n) is 9.09. The van der Waals surface area contributed by atoms with Gasteiger partial charge in [0.25, 0.3) is 0 Å². The van der Waals surface area contributed by atoms with Crippen LogP contribution < -0.4 is 0 Å². The summed E-state index contributed by atoms with van der Waals surface area (Å²) >= 11 is 0. The Balaban J connectivity index is 2.33. The SMILES string of the molecule is CC(=O)OCC1=C/C(=C(/C#N)C(=O)OC2CCCCC2)C=C(C(O)C(C)=O)O1. The molecule has 0 radical (unpaired) electrons. The summed E-state index contributed by atoms with van der Waals surface area (Å²) in [4.78, 5) is 35.1. The maximum Gasteiger partial charge on any atom is 0.349 e. The molecule has 1 saturated carbocycles. The van der Waals surface area contributed by atoms with Gasteiger partial charge in [-0.25, -0.2) is 4.79 Å².